The fraction of sp³-hybridized carbons (Fsp3) is 0.450. The zero-order chi connectivity index (χ0) is 20.2. The van der Waals surface area contributed by atoms with Gasteiger partial charge in [-0.25, -0.2) is 0 Å². The van der Waals surface area contributed by atoms with E-state index in [-0.39, 0.29) is 24.2 Å². The average Bonchev–Trinajstić information content (AvgIpc) is 3.23. The van der Waals surface area contributed by atoms with Crippen molar-refractivity contribution in [3.05, 3.63) is 35.4 Å². The minimum absolute atomic E-state index is 0.00159. The molecule has 1 atom stereocenters. The number of nitrogens with one attached hydrogen (secondary N) is 2. The molecule has 8 heteroatoms. The molecule has 2 rings (SSSR count). The lowest BCUT2D eigenvalue weighted by Gasteiger charge is -2.11. The van der Waals surface area contributed by atoms with Crippen LogP contribution in [0.25, 0.3) is 6.08 Å². The van der Waals surface area contributed by atoms with Crippen LogP contribution in [0.1, 0.15) is 18.4 Å². The fourth-order valence-electron chi connectivity index (χ4n) is 2.57. The van der Waals surface area contributed by atoms with Crippen molar-refractivity contribution < 1.29 is 23.8 Å². The summed E-state index contributed by atoms with van der Waals surface area (Å²) in [5.74, 6) is -0.144. The molecule has 28 heavy (non-hydrogen) atoms. The summed E-state index contributed by atoms with van der Waals surface area (Å²) in [4.78, 5) is 23.7. The number of hydrogen-bond acceptors (Lipinski definition) is 6. The predicted molar refractivity (Wildman–Crippen MR) is 102 cm³/mol. The van der Waals surface area contributed by atoms with Gasteiger partial charge in [0.15, 0.2) is 6.61 Å². The molecule has 0 saturated carbocycles. The van der Waals surface area contributed by atoms with Gasteiger partial charge in [0.2, 0.25) is 0 Å². The van der Waals surface area contributed by atoms with Crippen LogP contribution in [0.4, 0.5) is 0 Å². The van der Waals surface area contributed by atoms with Crippen molar-refractivity contribution in [2.75, 3.05) is 40.0 Å². The molecule has 0 unspecified atom stereocenters. The van der Waals surface area contributed by atoms with Crippen molar-refractivity contribution in [2.45, 2.75) is 18.9 Å². The van der Waals surface area contributed by atoms with Crippen LogP contribution in [0.5, 0.6) is 5.75 Å². The summed E-state index contributed by atoms with van der Waals surface area (Å²) >= 11 is 0. The minimum Gasteiger partial charge on any atom is -0.484 e. The van der Waals surface area contributed by atoms with Crippen LogP contribution >= 0.6 is 0 Å². The Hall–Kier alpha value is -2.89. The van der Waals surface area contributed by atoms with Crippen molar-refractivity contribution in [3.8, 4) is 11.8 Å². The quantitative estimate of drug-likeness (QED) is 0.353. The molecule has 2 amide bonds. The third-order valence-electron chi connectivity index (χ3n) is 4.07. The lowest BCUT2D eigenvalue weighted by molar-refractivity contribution is -0.123. The first-order valence-corrected chi connectivity index (χ1v) is 9.12. The van der Waals surface area contributed by atoms with E-state index in [2.05, 4.69) is 10.6 Å². The van der Waals surface area contributed by atoms with Crippen molar-refractivity contribution in [3.63, 3.8) is 0 Å². The maximum Gasteiger partial charge on any atom is 0.262 e. The Morgan fingerprint density at radius 2 is 2.11 bits per heavy atom. The number of rotatable bonds is 10. The molecule has 0 aromatic heterocycles. The van der Waals surface area contributed by atoms with Crippen molar-refractivity contribution in [1.82, 2.24) is 10.6 Å². The Morgan fingerprint density at radius 1 is 1.32 bits per heavy atom. The van der Waals surface area contributed by atoms with Crippen molar-refractivity contribution in [2.24, 2.45) is 0 Å². The Balaban J connectivity index is 1.80. The van der Waals surface area contributed by atoms with Crippen molar-refractivity contribution in [1.29, 1.82) is 5.26 Å². The van der Waals surface area contributed by atoms with Crippen LogP contribution in [0.15, 0.2) is 29.8 Å². The summed E-state index contributed by atoms with van der Waals surface area (Å²) in [5, 5.41) is 14.5. The van der Waals surface area contributed by atoms with E-state index in [4.69, 9.17) is 19.5 Å². The number of methoxy groups -OCH3 is 1. The smallest absolute Gasteiger partial charge is 0.262 e. The van der Waals surface area contributed by atoms with Crippen LogP contribution in [0.2, 0.25) is 0 Å². The molecule has 0 aliphatic carbocycles. The van der Waals surface area contributed by atoms with E-state index < -0.39 is 5.91 Å². The number of benzene rings is 1. The highest BCUT2D eigenvalue weighted by Gasteiger charge is 2.16. The minimum atomic E-state index is -0.456. The van der Waals surface area contributed by atoms with Gasteiger partial charge in [-0.1, -0.05) is 12.1 Å². The van der Waals surface area contributed by atoms with Crippen LogP contribution in [-0.2, 0) is 19.1 Å². The number of amides is 2. The molecule has 1 aromatic rings. The molecular formula is C20H25N3O5. The third kappa shape index (κ3) is 7.39. The largest absolute Gasteiger partial charge is 0.484 e. The number of hydrogen-bond donors (Lipinski definition) is 2. The first-order chi connectivity index (χ1) is 13.6. The van der Waals surface area contributed by atoms with Gasteiger partial charge in [0, 0.05) is 26.8 Å². The molecule has 1 aliphatic rings. The molecule has 1 fully saturated rings. The summed E-state index contributed by atoms with van der Waals surface area (Å²) in [6.07, 6.45) is 3.57. The molecular weight excluding hydrogens is 362 g/mol. The van der Waals surface area contributed by atoms with Gasteiger partial charge in [-0.05, 0) is 36.6 Å². The maximum absolute atomic E-state index is 11.9. The zero-order valence-electron chi connectivity index (χ0n) is 15.9. The molecule has 2 N–H and O–H groups in total. The predicted octanol–water partition coefficient (Wildman–Crippen LogP) is 1.03. The van der Waals surface area contributed by atoms with E-state index in [1.807, 2.05) is 6.07 Å². The molecule has 1 aliphatic heterocycles. The van der Waals surface area contributed by atoms with Gasteiger partial charge in [0.25, 0.3) is 11.8 Å². The molecule has 1 saturated heterocycles. The number of nitriles is 1. The highest BCUT2D eigenvalue weighted by molar-refractivity contribution is 6.01. The summed E-state index contributed by atoms with van der Waals surface area (Å²) in [6.45, 7) is 1.86. The van der Waals surface area contributed by atoms with E-state index in [0.717, 1.165) is 19.4 Å². The van der Waals surface area contributed by atoms with Crippen LogP contribution in [-0.4, -0.2) is 57.9 Å². The molecule has 150 valence electrons. The second-order valence-electron chi connectivity index (χ2n) is 6.22. The molecule has 1 aromatic carbocycles. The van der Waals surface area contributed by atoms with Gasteiger partial charge in [0.05, 0.1) is 12.7 Å². The van der Waals surface area contributed by atoms with E-state index in [1.165, 1.54) is 13.2 Å². The third-order valence-corrected chi connectivity index (χ3v) is 4.07. The standard InChI is InChI=1S/C20H25N3O5/c1-26-10-8-22-20(25)16(12-21)11-15-4-6-17(7-5-15)28-14-19(24)23-13-18-3-2-9-27-18/h4-7,11,18H,2-3,8-10,13-14H2,1H3,(H,22,25)(H,23,24)/b16-11+/t18-/m1/s1. The summed E-state index contributed by atoms with van der Waals surface area (Å²) in [7, 11) is 1.53. The molecule has 0 spiro atoms. The van der Waals surface area contributed by atoms with Gasteiger partial charge in [-0.3, -0.25) is 9.59 Å². The second-order valence-corrected chi connectivity index (χ2v) is 6.22. The van der Waals surface area contributed by atoms with Crippen LogP contribution < -0.4 is 15.4 Å². The molecule has 0 radical (unpaired) electrons. The van der Waals surface area contributed by atoms with Crippen LogP contribution in [0, 0.1) is 11.3 Å². The SMILES string of the molecule is COCCNC(=O)/C(C#N)=C/c1ccc(OCC(=O)NC[C@H]2CCCO2)cc1. The Bertz CT molecular complexity index is 718. The van der Waals surface area contributed by atoms with Gasteiger partial charge >= 0.3 is 0 Å². The second kappa shape index (κ2) is 11.7. The van der Waals surface area contributed by atoms with Gasteiger partial charge in [0.1, 0.15) is 17.4 Å². The van der Waals surface area contributed by atoms with E-state index in [9.17, 15) is 9.59 Å². The number of ether oxygens (including phenoxy) is 3. The molecule has 1 heterocycles. The number of nitrogens with zero attached hydrogens (tertiary/aromatic N) is 1. The number of carbonyl (C=O) groups is 2. The highest BCUT2D eigenvalue weighted by Crippen LogP contribution is 2.15. The van der Waals surface area contributed by atoms with E-state index >= 15 is 0 Å². The highest BCUT2D eigenvalue weighted by atomic mass is 16.5. The maximum atomic E-state index is 11.9. The molecule has 8 nitrogen and oxygen atoms in total. The van der Waals surface area contributed by atoms with Crippen LogP contribution in [0.3, 0.4) is 0 Å². The summed E-state index contributed by atoms with van der Waals surface area (Å²) in [6, 6.07) is 8.65. The average molecular weight is 387 g/mol. The normalized spacial score (nSPS) is 16.3. The zero-order valence-corrected chi connectivity index (χ0v) is 15.9. The fourth-order valence-corrected chi connectivity index (χ4v) is 2.57. The van der Waals surface area contributed by atoms with Crippen molar-refractivity contribution >= 4 is 17.9 Å². The lowest BCUT2D eigenvalue weighted by Crippen LogP contribution is -2.35. The first kappa shape index (κ1) is 21.4. The van der Waals surface area contributed by atoms with Gasteiger partial charge in [-0.2, -0.15) is 5.26 Å². The van der Waals surface area contributed by atoms with Gasteiger partial charge in [-0.15, -0.1) is 0 Å². The Morgan fingerprint density at radius 3 is 2.75 bits per heavy atom. The van der Waals surface area contributed by atoms with E-state index in [0.29, 0.717) is 31.0 Å². The topological polar surface area (TPSA) is 110 Å². The Kier molecular flexibility index (Phi) is 8.98. The molecule has 0 bridgehead atoms. The monoisotopic (exact) mass is 387 g/mol. The van der Waals surface area contributed by atoms with E-state index in [1.54, 1.807) is 24.3 Å². The summed E-state index contributed by atoms with van der Waals surface area (Å²) in [5.41, 5.74) is 0.673. The van der Waals surface area contributed by atoms with Gasteiger partial charge < -0.3 is 24.8 Å². The Labute approximate surface area is 164 Å². The summed E-state index contributed by atoms with van der Waals surface area (Å²) < 4.78 is 15.7. The lowest BCUT2D eigenvalue weighted by atomic mass is 10.1. The first-order valence-electron chi connectivity index (χ1n) is 9.12. The number of carbonyl (C=O) groups excluding carboxylic acids is 2.